The minimum absolute atomic E-state index is 0.0563. The number of hydrogen-bond acceptors (Lipinski definition) is 3. The molecule has 0 aliphatic carbocycles. The molecule has 0 saturated carbocycles. The van der Waals surface area contributed by atoms with Crippen LogP contribution in [0.2, 0.25) is 0 Å². The normalized spacial score (nSPS) is 15.3. The zero-order chi connectivity index (χ0) is 8.20. The van der Waals surface area contributed by atoms with E-state index in [0.717, 1.165) is 6.42 Å². The number of nitrogens with two attached hydrogens (primary N) is 1. The van der Waals surface area contributed by atoms with Gasteiger partial charge in [0.05, 0.1) is 11.8 Å². The van der Waals surface area contributed by atoms with Crippen LogP contribution in [0.5, 0.6) is 0 Å². The van der Waals surface area contributed by atoms with Crippen LogP contribution in [0.3, 0.4) is 0 Å². The van der Waals surface area contributed by atoms with Crippen molar-refractivity contribution in [3.8, 4) is 0 Å². The van der Waals surface area contributed by atoms with E-state index in [4.69, 9.17) is 10.6 Å². The standard InChI is InChI=1S/C7H18N2O/c1-5-6(8)9-10-7(2,3)4/h6,9H,5,8H2,1-4H3. The van der Waals surface area contributed by atoms with Crippen LogP contribution in [0.1, 0.15) is 34.1 Å². The van der Waals surface area contributed by atoms with E-state index in [1.807, 2.05) is 27.7 Å². The Morgan fingerprint density at radius 2 is 2.00 bits per heavy atom. The lowest BCUT2D eigenvalue weighted by Gasteiger charge is -2.22. The molecule has 3 N–H and O–H groups in total. The SMILES string of the molecule is CCC(N)NOC(C)(C)C. The fourth-order valence-corrected chi connectivity index (χ4v) is 0.336. The second kappa shape index (κ2) is 3.91. The van der Waals surface area contributed by atoms with Gasteiger partial charge in [-0.15, -0.1) is 0 Å². The molecule has 1 atom stereocenters. The molecule has 0 saturated heterocycles. The van der Waals surface area contributed by atoms with E-state index in [1.165, 1.54) is 0 Å². The summed E-state index contributed by atoms with van der Waals surface area (Å²) in [6, 6.07) is 0. The third-order valence-corrected chi connectivity index (χ3v) is 0.956. The summed E-state index contributed by atoms with van der Waals surface area (Å²) in [6.07, 6.45) is 0.815. The first-order chi connectivity index (χ1) is 4.45. The second-order valence-electron chi connectivity index (χ2n) is 3.35. The van der Waals surface area contributed by atoms with Gasteiger partial charge in [0.25, 0.3) is 0 Å². The fraction of sp³-hybridized carbons (Fsp3) is 1.00. The molecule has 0 spiro atoms. The first-order valence-corrected chi connectivity index (χ1v) is 3.65. The predicted molar refractivity (Wildman–Crippen MR) is 42.2 cm³/mol. The van der Waals surface area contributed by atoms with Crippen LogP contribution in [-0.4, -0.2) is 11.8 Å². The van der Waals surface area contributed by atoms with Gasteiger partial charge in [-0.25, -0.2) is 0 Å². The Hall–Kier alpha value is -0.120. The lowest BCUT2D eigenvalue weighted by molar-refractivity contribution is -0.0879. The summed E-state index contributed by atoms with van der Waals surface area (Å²) in [4.78, 5) is 5.21. The van der Waals surface area contributed by atoms with E-state index in [9.17, 15) is 0 Å². The zero-order valence-corrected chi connectivity index (χ0v) is 7.27. The molecule has 0 radical (unpaired) electrons. The highest BCUT2D eigenvalue weighted by atomic mass is 16.7. The quantitative estimate of drug-likeness (QED) is 0.461. The molecule has 0 aliphatic heterocycles. The summed E-state index contributed by atoms with van der Waals surface area (Å²) < 4.78 is 0. The van der Waals surface area contributed by atoms with Gasteiger partial charge in [0.15, 0.2) is 0 Å². The van der Waals surface area contributed by atoms with Gasteiger partial charge in [0.1, 0.15) is 0 Å². The monoisotopic (exact) mass is 146 g/mol. The fourth-order valence-electron chi connectivity index (χ4n) is 0.336. The highest BCUT2D eigenvalue weighted by Crippen LogP contribution is 2.03. The summed E-state index contributed by atoms with van der Waals surface area (Å²) in [5, 5.41) is 0. The lowest BCUT2D eigenvalue weighted by Crippen LogP contribution is -2.41. The van der Waals surface area contributed by atoms with Crippen LogP contribution in [0.4, 0.5) is 0 Å². The maximum Gasteiger partial charge on any atom is 0.0813 e. The zero-order valence-electron chi connectivity index (χ0n) is 7.27. The highest BCUT2D eigenvalue weighted by Gasteiger charge is 2.11. The van der Waals surface area contributed by atoms with Crippen molar-refractivity contribution in [2.24, 2.45) is 5.73 Å². The van der Waals surface area contributed by atoms with Crippen molar-refractivity contribution in [1.82, 2.24) is 5.48 Å². The predicted octanol–water partition coefficient (Wildman–Crippen LogP) is 1.00. The largest absolute Gasteiger partial charge is 0.314 e. The molecule has 1 unspecified atom stereocenters. The molecule has 0 aliphatic rings. The van der Waals surface area contributed by atoms with E-state index >= 15 is 0 Å². The van der Waals surface area contributed by atoms with Gasteiger partial charge in [-0.05, 0) is 27.2 Å². The molecule has 3 heteroatoms. The van der Waals surface area contributed by atoms with Crippen LogP contribution in [0.25, 0.3) is 0 Å². The first-order valence-electron chi connectivity index (χ1n) is 3.65. The van der Waals surface area contributed by atoms with Crippen LogP contribution < -0.4 is 11.2 Å². The third kappa shape index (κ3) is 6.01. The Bertz CT molecular complexity index is 88.1. The molecule has 62 valence electrons. The molecule has 0 amide bonds. The molecule has 0 bridgehead atoms. The maximum atomic E-state index is 5.54. The van der Waals surface area contributed by atoms with Crippen molar-refractivity contribution in [2.45, 2.75) is 45.9 Å². The van der Waals surface area contributed by atoms with Crippen LogP contribution in [-0.2, 0) is 4.84 Å². The average Bonchev–Trinajstić information content (AvgIpc) is 1.81. The van der Waals surface area contributed by atoms with E-state index in [2.05, 4.69) is 5.48 Å². The van der Waals surface area contributed by atoms with Crippen LogP contribution >= 0.6 is 0 Å². The Kier molecular flexibility index (Phi) is 3.86. The summed E-state index contributed by atoms with van der Waals surface area (Å²) >= 11 is 0. The minimum Gasteiger partial charge on any atom is -0.314 e. The van der Waals surface area contributed by atoms with Crippen molar-refractivity contribution in [3.63, 3.8) is 0 Å². The molecule has 0 aromatic carbocycles. The summed E-state index contributed by atoms with van der Waals surface area (Å²) in [6.45, 7) is 7.93. The topological polar surface area (TPSA) is 47.3 Å². The summed E-state index contributed by atoms with van der Waals surface area (Å²) in [7, 11) is 0. The van der Waals surface area contributed by atoms with E-state index < -0.39 is 0 Å². The second-order valence-corrected chi connectivity index (χ2v) is 3.35. The van der Waals surface area contributed by atoms with Crippen molar-refractivity contribution in [2.75, 3.05) is 0 Å². The van der Waals surface area contributed by atoms with Crippen LogP contribution in [0, 0.1) is 0 Å². The molecular formula is C7H18N2O. The minimum atomic E-state index is -0.160. The van der Waals surface area contributed by atoms with Crippen molar-refractivity contribution >= 4 is 0 Å². The number of rotatable bonds is 3. The third-order valence-electron chi connectivity index (χ3n) is 0.956. The van der Waals surface area contributed by atoms with E-state index in [0.29, 0.717) is 0 Å². The van der Waals surface area contributed by atoms with Gasteiger partial charge in [0.2, 0.25) is 0 Å². The maximum absolute atomic E-state index is 5.54. The molecule has 0 fully saturated rings. The van der Waals surface area contributed by atoms with Crippen LogP contribution in [0.15, 0.2) is 0 Å². The van der Waals surface area contributed by atoms with E-state index in [-0.39, 0.29) is 11.8 Å². The van der Waals surface area contributed by atoms with Crippen molar-refractivity contribution in [3.05, 3.63) is 0 Å². The van der Waals surface area contributed by atoms with Gasteiger partial charge in [-0.1, -0.05) is 6.92 Å². The molecule has 3 nitrogen and oxygen atoms in total. The Morgan fingerprint density at radius 1 is 1.50 bits per heavy atom. The first kappa shape index (κ1) is 9.88. The summed E-state index contributed by atoms with van der Waals surface area (Å²) in [5.74, 6) is 0. The molecule has 0 rings (SSSR count). The van der Waals surface area contributed by atoms with Gasteiger partial charge >= 0.3 is 0 Å². The molecule has 10 heavy (non-hydrogen) atoms. The average molecular weight is 146 g/mol. The van der Waals surface area contributed by atoms with Gasteiger partial charge in [-0.3, -0.25) is 4.84 Å². The summed E-state index contributed by atoms with van der Waals surface area (Å²) in [5.41, 5.74) is 8.13. The van der Waals surface area contributed by atoms with Crippen molar-refractivity contribution in [1.29, 1.82) is 0 Å². The van der Waals surface area contributed by atoms with Crippen molar-refractivity contribution < 1.29 is 4.84 Å². The Morgan fingerprint density at radius 3 is 2.30 bits per heavy atom. The number of hydrogen-bond donors (Lipinski definition) is 2. The molecular weight excluding hydrogens is 128 g/mol. The molecule has 0 aromatic heterocycles. The van der Waals surface area contributed by atoms with Gasteiger partial charge < -0.3 is 5.73 Å². The Balaban J connectivity index is 3.36. The number of hydroxylamine groups is 1. The highest BCUT2D eigenvalue weighted by molar-refractivity contribution is 4.57. The van der Waals surface area contributed by atoms with E-state index in [1.54, 1.807) is 0 Å². The molecule has 0 aromatic rings. The Labute approximate surface area is 62.9 Å². The van der Waals surface area contributed by atoms with Gasteiger partial charge in [0, 0.05) is 0 Å². The lowest BCUT2D eigenvalue weighted by atomic mass is 10.2. The molecule has 0 heterocycles. The smallest absolute Gasteiger partial charge is 0.0813 e. The number of nitrogens with one attached hydrogen (secondary N) is 1. The van der Waals surface area contributed by atoms with Gasteiger partial charge in [-0.2, -0.15) is 5.48 Å².